The molecule has 116 valence electrons. The Bertz CT molecular complexity index is 584. The van der Waals surface area contributed by atoms with Gasteiger partial charge in [0.15, 0.2) is 0 Å². The van der Waals surface area contributed by atoms with Gasteiger partial charge in [0.2, 0.25) is 0 Å². The van der Waals surface area contributed by atoms with E-state index in [9.17, 15) is 5.11 Å². The summed E-state index contributed by atoms with van der Waals surface area (Å²) < 4.78 is 0. The van der Waals surface area contributed by atoms with Crippen LogP contribution >= 0.6 is 0 Å². The van der Waals surface area contributed by atoms with Crippen LogP contribution in [0.15, 0.2) is 60.7 Å². The molecule has 0 bridgehead atoms. The maximum absolute atomic E-state index is 11.3. The fourth-order valence-corrected chi connectivity index (χ4v) is 3.86. The molecule has 3 atom stereocenters. The molecule has 0 saturated carbocycles. The van der Waals surface area contributed by atoms with Gasteiger partial charge in [-0.05, 0) is 11.1 Å². The number of hydrogen-bond acceptors (Lipinski definition) is 2. The van der Waals surface area contributed by atoms with Gasteiger partial charge in [0, 0.05) is 31.5 Å². The van der Waals surface area contributed by atoms with Crippen molar-refractivity contribution in [2.75, 3.05) is 13.1 Å². The number of likely N-dealkylation sites (tertiary alicyclic amines) is 1. The van der Waals surface area contributed by atoms with E-state index < -0.39 is 5.60 Å². The topological polar surface area (TPSA) is 23.5 Å². The molecule has 1 saturated heterocycles. The third-order valence-electron chi connectivity index (χ3n) is 5.05. The molecule has 2 unspecified atom stereocenters. The molecule has 22 heavy (non-hydrogen) atoms. The van der Waals surface area contributed by atoms with E-state index in [2.05, 4.69) is 61.2 Å². The molecule has 2 aromatic rings. The maximum Gasteiger partial charge on any atom is 0.0971 e. The fourth-order valence-electron chi connectivity index (χ4n) is 3.86. The molecule has 1 aliphatic heterocycles. The van der Waals surface area contributed by atoms with Crippen molar-refractivity contribution in [1.29, 1.82) is 0 Å². The molecule has 1 aliphatic rings. The van der Waals surface area contributed by atoms with Gasteiger partial charge < -0.3 is 5.11 Å². The lowest BCUT2D eigenvalue weighted by molar-refractivity contribution is -0.114. The fraction of sp³-hybridized carbons (Fsp3) is 0.400. The minimum absolute atomic E-state index is 0.211. The molecular formula is C20H25NO. The highest BCUT2D eigenvalue weighted by Crippen LogP contribution is 2.41. The summed E-state index contributed by atoms with van der Waals surface area (Å²) in [7, 11) is 0. The van der Waals surface area contributed by atoms with E-state index in [0.29, 0.717) is 0 Å². The minimum Gasteiger partial charge on any atom is -0.385 e. The number of rotatable bonds is 3. The zero-order chi connectivity index (χ0) is 15.6. The van der Waals surface area contributed by atoms with Crippen molar-refractivity contribution in [3.8, 4) is 0 Å². The average molecular weight is 295 g/mol. The Morgan fingerprint density at radius 3 is 1.95 bits per heavy atom. The van der Waals surface area contributed by atoms with Crippen LogP contribution in [-0.4, -0.2) is 23.1 Å². The molecule has 1 N–H and O–H groups in total. The van der Waals surface area contributed by atoms with E-state index in [4.69, 9.17) is 0 Å². The second kappa shape index (κ2) is 6.23. The predicted molar refractivity (Wildman–Crippen MR) is 90.4 cm³/mol. The van der Waals surface area contributed by atoms with Crippen molar-refractivity contribution in [2.24, 2.45) is 11.8 Å². The second-order valence-electron chi connectivity index (χ2n) is 6.67. The van der Waals surface area contributed by atoms with Gasteiger partial charge in [-0.2, -0.15) is 0 Å². The lowest BCUT2D eigenvalue weighted by Gasteiger charge is -2.48. The van der Waals surface area contributed by atoms with Crippen LogP contribution in [0.1, 0.15) is 25.0 Å². The van der Waals surface area contributed by atoms with Crippen LogP contribution in [0.4, 0.5) is 0 Å². The van der Waals surface area contributed by atoms with E-state index in [1.807, 2.05) is 18.2 Å². The SMILES string of the molecule is CC1CN(Cc2ccccc2)C[C@H](C)C1(O)c1ccccc1. The molecule has 2 nitrogen and oxygen atoms in total. The zero-order valence-corrected chi connectivity index (χ0v) is 13.4. The van der Waals surface area contributed by atoms with Gasteiger partial charge in [0.1, 0.15) is 0 Å². The third-order valence-corrected chi connectivity index (χ3v) is 5.05. The van der Waals surface area contributed by atoms with Gasteiger partial charge in [-0.15, -0.1) is 0 Å². The first-order chi connectivity index (χ1) is 10.6. The van der Waals surface area contributed by atoms with Crippen LogP contribution in [-0.2, 0) is 12.1 Å². The smallest absolute Gasteiger partial charge is 0.0971 e. The number of benzene rings is 2. The lowest BCUT2D eigenvalue weighted by atomic mass is 9.71. The minimum atomic E-state index is -0.728. The van der Waals surface area contributed by atoms with Crippen LogP contribution in [0, 0.1) is 11.8 Å². The molecular weight excluding hydrogens is 270 g/mol. The normalized spacial score (nSPS) is 29.4. The summed E-state index contributed by atoms with van der Waals surface area (Å²) in [6, 6.07) is 20.7. The first kappa shape index (κ1) is 15.3. The number of aliphatic hydroxyl groups is 1. The van der Waals surface area contributed by atoms with Gasteiger partial charge in [-0.25, -0.2) is 0 Å². The lowest BCUT2D eigenvalue weighted by Crippen LogP contribution is -2.54. The van der Waals surface area contributed by atoms with Crippen molar-refractivity contribution < 1.29 is 5.11 Å². The molecule has 0 aromatic heterocycles. The summed E-state index contributed by atoms with van der Waals surface area (Å²) in [6.07, 6.45) is 0. The standard InChI is InChI=1S/C20H25NO/c1-16-13-21(15-18-9-5-3-6-10-18)14-17(2)20(16,22)19-11-7-4-8-12-19/h3-12,16-17,22H,13-15H2,1-2H3/t16-,17?,20?/m0/s1. The molecule has 0 amide bonds. The maximum atomic E-state index is 11.3. The Balaban J connectivity index is 1.77. The quantitative estimate of drug-likeness (QED) is 0.934. The van der Waals surface area contributed by atoms with E-state index in [0.717, 1.165) is 25.2 Å². The first-order valence-corrected chi connectivity index (χ1v) is 8.15. The number of hydrogen-bond donors (Lipinski definition) is 1. The second-order valence-corrected chi connectivity index (χ2v) is 6.67. The number of nitrogens with zero attached hydrogens (tertiary/aromatic N) is 1. The Morgan fingerprint density at radius 2 is 1.41 bits per heavy atom. The van der Waals surface area contributed by atoms with Crippen LogP contribution in [0.3, 0.4) is 0 Å². The molecule has 1 heterocycles. The van der Waals surface area contributed by atoms with Crippen molar-refractivity contribution in [3.05, 3.63) is 71.8 Å². The molecule has 1 fully saturated rings. The van der Waals surface area contributed by atoms with Crippen LogP contribution < -0.4 is 0 Å². The zero-order valence-electron chi connectivity index (χ0n) is 13.4. The van der Waals surface area contributed by atoms with Gasteiger partial charge in [0.25, 0.3) is 0 Å². The summed E-state index contributed by atoms with van der Waals surface area (Å²) >= 11 is 0. The predicted octanol–water partition coefficient (Wildman–Crippen LogP) is 3.66. The highest BCUT2D eigenvalue weighted by molar-refractivity contribution is 5.25. The van der Waals surface area contributed by atoms with Gasteiger partial charge in [-0.1, -0.05) is 74.5 Å². The Kier molecular flexibility index (Phi) is 4.32. The van der Waals surface area contributed by atoms with Crippen LogP contribution in [0.5, 0.6) is 0 Å². The van der Waals surface area contributed by atoms with Crippen molar-refractivity contribution >= 4 is 0 Å². The highest BCUT2D eigenvalue weighted by Gasteiger charge is 2.45. The third kappa shape index (κ3) is 2.81. The average Bonchev–Trinajstić information content (AvgIpc) is 2.54. The summed E-state index contributed by atoms with van der Waals surface area (Å²) in [4.78, 5) is 2.46. The Labute approximate surface area is 133 Å². The van der Waals surface area contributed by atoms with Crippen molar-refractivity contribution in [2.45, 2.75) is 26.0 Å². The van der Waals surface area contributed by atoms with E-state index in [1.54, 1.807) is 0 Å². The number of piperidine rings is 1. The summed E-state index contributed by atoms with van der Waals surface area (Å²) in [5, 5.41) is 11.3. The first-order valence-electron chi connectivity index (χ1n) is 8.15. The van der Waals surface area contributed by atoms with Gasteiger partial charge in [-0.3, -0.25) is 4.90 Å². The highest BCUT2D eigenvalue weighted by atomic mass is 16.3. The van der Waals surface area contributed by atoms with Crippen LogP contribution in [0.25, 0.3) is 0 Å². The largest absolute Gasteiger partial charge is 0.385 e. The molecule has 2 aromatic carbocycles. The summed E-state index contributed by atoms with van der Waals surface area (Å²) in [6.45, 7) is 7.14. The monoisotopic (exact) mass is 295 g/mol. The summed E-state index contributed by atoms with van der Waals surface area (Å²) in [5.41, 5.74) is 1.66. The Hall–Kier alpha value is -1.64. The van der Waals surface area contributed by atoms with E-state index in [1.165, 1.54) is 5.56 Å². The molecule has 0 spiro atoms. The van der Waals surface area contributed by atoms with E-state index in [-0.39, 0.29) is 11.8 Å². The molecule has 0 aliphatic carbocycles. The Morgan fingerprint density at radius 1 is 0.909 bits per heavy atom. The van der Waals surface area contributed by atoms with Gasteiger partial charge >= 0.3 is 0 Å². The molecule has 2 heteroatoms. The van der Waals surface area contributed by atoms with Crippen molar-refractivity contribution in [1.82, 2.24) is 4.90 Å². The van der Waals surface area contributed by atoms with Crippen LogP contribution in [0.2, 0.25) is 0 Å². The molecule has 0 radical (unpaired) electrons. The van der Waals surface area contributed by atoms with Crippen molar-refractivity contribution in [3.63, 3.8) is 0 Å². The van der Waals surface area contributed by atoms with E-state index >= 15 is 0 Å². The summed E-state index contributed by atoms with van der Waals surface area (Å²) in [5.74, 6) is 0.421. The molecule has 3 rings (SSSR count). The van der Waals surface area contributed by atoms with Gasteiger partial charge in [0.05, 0.1) is 5.60 Å².